The topological polar surface area (TPSA) is 41.1 Å². The van der Waals surface area contributed by atoms with Gasteiger partial charge in [0.1, 0.15) is 0 Å². The van der Waals surface area contributed by atoms with Gasteiger partial charge in [-0.15, -0.1) is 12.4 Å². The van der Waals surface area contributed by atoms with Crippen LogP contribution in [0.25, 0.3) is 0 Å². The maximum Gasteiger partial charge on any atom is 0.220 e. The van der Waals surface area contributed by atoms with Crippen LogP contribution in [-0.4, -0.2) is 25.0 Å². The van der Waals surface area contributed by atoms with Crippen molar-refractivity contribution < 1.29 is 4.79 Å². The van der Waals surface area contributed by atoms with Gasteiger partial charge in [-0.2, -0.15) is 0 Å². The fraction of sp³-hybridized carbons (Fsp3) is 0.938. The number of halogens is 1. The molecule has 20 heavy (non-hydrogen) atoms. The maximum absolute atomic E-state index is 12.1. The van der Waals surface area contributed by atoms with Crippen molar-refractivity contribution in [1.82, 2.24) is 10.6 Å². The highest BCUT2D eigenvalue weighted by Gasteiger charge is 2.23. The second kappa shape index (κ2) is 9.62. The van der Waals surface area contributed by atoms with Gasteiger partial charge in [-0.25, -0.2) is 0 Å². The monoisotopic (exact) mass is 302 g/mol. The lowest BCUT2D eigenvalue weighted by atomic mass is 9.85. The number of hydrogen-bond donors (Lipinski definition) is 2. The highest BCUT2D eigenvalue weighted by atomic mass is 35.5. The molecule has 0 aromatic carbocycles. The molecule has 0 bridgehead atoms. The molecule has 4 heteroatoms. The Labute approximate surface area is 130 Å². The zero-order valence-electron chi connectivity index (χ0n) is 12.8. The molecule has 2 atom stereocenters. The van der Waals surface area contributed by atoms with Gasteiger partial charge in [0.05, 0.1) is 0 Å². The van der Waals surface area contributed by atoms with E-state index in [4.69, 9.17) is 0 Å². The molecule has 1 saturated heterocycles. The van der Waals surface area contributed by atoms with Crippen molar-refractivity contribution in [3.8, 4) is 0 Å². The van der Waals surface area contributed by atoms with Crippen molar-refractivity contribution in [3.63, 3.8) is 0 Å². The highest BCUT2D eigenvalue weighted by Crippen LogP contribution is 2.23. The number of piperidine rings is 1. The van der Waals surface area contributed by atoms with Crippen molar-refractivity contribution in [1.29, 1.82) is 0 Å². The van der Waals surface area contributed by atoms with E-state index in [1.807, 2.05) is 0 Å². The average molecular weight is 303 g/mol. The maximum atomic E-state index is 12.1. The van der Waals surface area contributed by atoms with Gasteiger partial charge in [0.2, 0.25) is 5.91 Å². The molecule has 118 valence electrons. The first-order valence-corrected chi connectivity index (χ1v) is 8.26. The summed E-state index contributed by atoms with van der Waals surface area (Å²) in [4.78, 5) is 12.1. The molecule has 2 rings (SSSR count). The molecule has 0 spiro atoms. The largest absolute Gasteiger partial charge is 0.353 e. The van der Waals surface area contributed by atoms with Crippen LogP contribution in [0.5, 0.6) is 0 Å². The Kier molecular flexibility index (Phi) is 8.55. The van der Waals surface area contributed by atoms with Gasteiger partial charge in [-0.05, 0) is 50.6 Å². The number of nitrogens with one attached hydrogen (secondary N) is 2. The van der Waals surface area contributed by atoms with Gasteiger partial charge in [-0.3, -0.25) is 4.79 Å². The van der Waals surface area contributed by atoms with Crippen LogP contribution in [0.3, 0.4) is 0 Å². The van der Waals surface area contributed by atoms with E-state index >= 15 is 0 Å². The van der Waals surface area contributed by atoms with Crippen LogP contribution in [0.15, 0.2) is 0 Å². The lowest BCUT2D eigenvalue weighted by Crippen LogP contribution is -2.38. The summed E-state index contributed by atoms with van der Waals surface area (Å²) in [6, 6.07) is 0.451. The molecular formula is C16H31ClN2O. The number of rotatable bonds is 4. The summed E-state index contributed by atoms with van der Waals surface area (Å²) >= 11 is 0. The normalized spacial score (nSPS) is 26.1. The average Bonchev–Trinajstić information content (AvgIpc) is 2.68. The third-order valence-corrected chi connectivity index (χ3v) is 4.87. The Hall–Kier alpha value is -0.280. The summed E-state index contributed by atoms with van der Waals surface area (Å²) in [5.74, 6) is 1.48. The first-order chi connectivity index (χ1) is 9.25. The summed E-state index contributed by atoms with van der Waals surface area (Å²) in [7, 11) is 0. The minimum atomic E-state index is 0. The van der Waals surface area contributed by atoms with E-state index in [2.05, 4.69) is 17.6 Å². The Morgan fingerprint density at radius 2 is 1.85 bits per heavy atom. The van der Waals surface area contributed by atoms with E-state index in [-0.39, 0.29) is 18.3 Å². The van der Waals surface area contributed by atoms with Gasteiger partial charge in [0.25, 0.3) is 0 Å². The molecule has 1 aliphatic heterocycles. The lowest BCUT2D eigenvalue weighted by molar-refractivity contribution is -0.123. The van der Waals surface area contributed by atoms with Crippen molar-refractivity contribution in [2.24, 2.45) is 11.8 Å². The predicted molar refractivity (Wildman–Crippen MR) is 86.3 cm³/mol. The molecular weight excluding hydrogens is 272 g/mol. The fourth-order valence-corrected chi connectivity index (χ4v) is 3.53. The Bertz CT molecular complexity index is 272. The van der Waals surface area contributed by atoms with Crippen LogP contribution in [0.2, 0.25) is 0 Å². The van der Waals surface area contributed by atoms with E-state index < -0.39 is 0 Å². The second-order valence-electron chi connectivity index (χ2n) is 6.54. The Morgan fingerprint density at radius 1 is 1.15 bits per heavy atom. The van der Waals surface area contributed by atoms with E-state index in [9.17, 15) is 4.79 Å². The van der Waals surface area contributed by atoms with Crippen molar-refractivity contribution in [3.05, 3.63) is 0 Å². The van der Waals surface area contributed by atoms with Gasteiger partial charge < -0.3 is 10.6 Å². The molecule has 0 aromatic rings. The van der Waals surface area contributed by atoms with Crippen molar-refractivity contribution in [2.75, 3.05) is 13.1 Å². The quantitative estimate of drug-likeness (QED) is 0.783. The molecule has 1 heterocycles. The molecule has 0 radical (unpaired) electrons. The molecule has 2 fully saturated rings. The van der Waals surface area contributed by atoms with Crippen LogP contribution >= 0.6 is 12.4 Å². The van der Waals surface area contributed by atoms with Crippen LogP contribution in [0.4, 0.5) is 0 Å². The molecule has 1 amide bonds. The van der Waals surface area contributed by atoms with Gasteiger partial charge >= 0.3 is 0 Å². The highest BCUT2D eigenvalue weighted by molar-refractivity contribution is 5.85. The third-order valence-electron chi connectivity index (χ3n) is 4.87. The Balaban J connectivity index is 0.00000200. The summed E-state index contributed by atoms with van der Waals surface area (Å²) in [5, 5.41) is 6.72. The first-order valence-electron chi connectivity index (χ1n) is 8.26. The molecule has 2 unspecified atom stereocenters. The van der Waals surface area contributed by atoms with E-state index in [0.29, 0.717) is 24.3 Å². The zero-order valence-corrected chi connectivity index (χ0v) is 13.6. The fourth-order valence-electron chi connectivity index (χ4n) is 3.53. The van der Waals surface area contributed by atoms with Crippen LogP contribution in [0.1, 0.15) is 64.7 Å². The molecule has 1 saturated carbocycles. The predicted octanol–water partition coefficient (Wildman–Crippen LogP) is 3.27. The summed E-state index contributed by atoms with van der Waals surface area (Å²) in [6.45, 7) is 4.49. The minimum Gasteiger partial charge on any atom is -0.353 e. The SMILES string of the molecule is CC(CC(=O)NC1CCCCCC1)C1CCCNC1.Cl. The molecule has 1 aliphatic carbocycles. The van der Waals surface area contributed by atoms with Gasteiger partial charge in [-0.1, -0.05) is 32.6 Å². The zero-order chi connectivity index (χ0) is 13.5. The number of hydrogen-bond acceptors (Lipinski definition) is 2. The molecule has 2 N–H and O–H groups in total. The number of carbonyl (C=O) groups is 1. The molecule has 3 nitrogen and oxygen atoms in total. The number of amides is 1. The minimum absolute atomic E-state index is 0. The summed E-state index contributed by atoms with van der Waals surface area (Å²) in [5.41, 5.74) is 0. The van der Waals surface area contributed by atoms with Crippen LogP contribution in [-0.2, 0) is 4.79 Å². The Morgan fingerprint density at radius 3 is 2.45 bits per heavy atom. The standard InChI is InChI=1S/C16H30N2O.ClH/c1-13(14-7-6-10-17-12-14)11-16(19)18-15-8-4-2-3-5-9-15;/h13-15,17H,2-12H2,1H3,(H,18,19);1H. The number of carbonyl (C=O) groups excluding carboxylic acids is 1. The van der Waals surface area contributed by atoms with E-state index in [1.165, 1.54) is 51.4 Å². The van der Waals surface area contributed by atoms with Crippen molar-refractivity contribution >= 4 is 18.3 Å². The first kappa shape index (κ1) is 17.8. The summed E-state index contributed by atoms with van der Waals surface area (Å²) < 4.78 is 0. The van der Waals surface area contributed by atoms with Crippen LogP contribution in [0, 0.1) is 11.8 Å². The smallest absolute Gasteiger partial charge is 0.220 e. The molecule has 0 aromatic heterocycles. The van der Waals surface area contributed by atoms with Crippen molar-refractivity contribution in [2.45, 2.75) is 70.8 Å². The second-order valence-corrected chi connectivity index (χ2v) is 6.54. The van der Waals surface area contributed by atoms with E-state index in [1.54, 1.807) is 0 Å². The van der Waals surface area contributed by atoms with Crippen LogP contribution < -0.4 is 10.6 Å². The third kappa shape index (κ3) is 6.01. The lowest BCUT2D eigenvalue weighted by Gasteiger charge is -2.28. The summed E-state index contributed by atoms with van der Waals surface area (Å²) in [6.07, 6.45) is 10.9. The van der Waals surface area contributed by atoms with Gasteiger partial charge in [0, 0.05) is 12.5 Å². The van der Waals surface area contributed by atoms with E-state index in [0.717, 1.165) is 13.1 Å². The van der Waals surface area contributed by atoms with Gasteiger partial charge in [0.15, 0.2) is 0 Å². The molecule has 2 aliphatic rings.